The van der Waals surface area contributed by atoms with Gasteiger partial charge in [0.1, 0.15) is 0 Å². The Morgan fingerprint density at radius 1 is 0.913 bits per heavy atom. The van der Waals surface area contributed by atoms with Gasteiger partial charge in [-0.1, -0.05) is 61.2 Å². The predicted octanol–water partition coefficient (Wildman–Crippen LogP) is 5.83. The topological polar surface area (TPSA) is 12.0 Å². The second-order valence-electron chi connectivity index (χ2n) is 6.23. The number of allylic oxidation sites excluding steroid dienone is 4. The van der Waals surface area contributed by atoms with Gasteiger partial charge in [0, 0.05) is 17.8 Å². The van der Waals surface area contributed by atoms with Crippen LogP contribution in [0.1, 0.15) is 24.8 Å². The summed E-state index contributed by atoms with van der Waals surface area (Å²) in [6.45, 7) is 5.39. The Morgan fingerprint density at radius 3 is 2.65 bits per heavy atom. The van der Waals surface area contributed by atoms with E-state index in [4.69, 9.17) is 0 Å². The first-order chi connectivity index (χ1) is 11.3. The lowest BCUT2D eigenvalue weighted by atomic mass is 9.85. The molecule has 0 saturated heterocycles. The van der Waals surface area contributed by atoms with Gasteiger partial charge in [-0.3, -0.25) is 0 Å². The van der Waals surface area contributed by atoms with Gasteiger partial charge in [-0.15, -0.1) is 0 Å². The number of hydrogen-bond acceptors (Lipinski definition) is 1. The van der Waals surface area contributed by atoms with E-state index in [0.29, 0.717) is 0 Å². The first-order valence-corrected chi connectivity index (χ1v) is 8.34. The molecule has 23 heavy (non-hydrogen) atoms. The van der Waals surface area contributed by atoms with Crippen LogP contribution in [0.25, 0.3) is 16.7 Å². The molecule has 0 atom stereocenters. The number of fused-ring (bicyclic) bond motifs is 1. The monoisotopic (exact) mass is 299 g/mol. The molecule has 2 aromatic rings. The molecule has 0 aromatic heterocycles. The Morgan fingerprint density at radius 2 is 1.78 bits per heavy atom. The van der Waals surface area contributed by atoms with Gasteiger partial charge in [-0.25, -0.2) is 0 Å². The number of benzene rings is 2. The molecule has 0 spiro atoms. The van der Waals surface area contributed by atoms with E-state index in [1.807, 2.05) is 0 Å². The number of nitrogens with one attached hydrogen (secondary N) is 1. The summed E-state index contributed by atoms with van der Waals surface area (Å²) >= 11 is 0. The Hall–Kier alpha value is -2.54. The van der Waals surface area contributed by atoms with E-state index in [2.05, 4.69) is 72.6 Å². The molecule has 0 amide bonds. The number of rotatable bonds is 1. The van der Waals surface area contributed by atoms with Crippen LogP contribution < -0.4 is 5.32 Å². The molecule has 1 nitrogen and oxygen atoms in total. The SMILES string of the molecule is C=C1C2=C(C=CCC2)CCNc2cc(-c3ccccc3)ccc21. The molecule has 1 heterocycles. The lowest BCUT2D eigenvalue weighted by molar-refractivity contribution is 0.917. The van der Waals surface area contributed by atoms with Crippen molar-refractivity contribution in [2.45, 2.75) is 19.3 Å². The summed E-state index contributed by atoms with van der Waals surface area (Å²) in [5.74, 6) is 0. The second kappa shape index (κ2) is 5.92. The normalized spacial score (nSPS) is 17.0. The van der Waals surface area contributed by atoms with Crippen molar-refractivity contribution in [1.82, 2.24) is 0 Å². The van der Waals surface area contributed by atoms with Gasteiger partial charge in [0.25, 0.3) is 0 Å². The third-order valence-corrected chi connectivity index (χ3v) is 4.79. The highest BCUT2D eigenvalue weighted by atomic mass is 14.9. The molecule has 0 unspecified atom stereocenters. The quantitative estimate of drug-likeness (QED) is 0.698. The zero-order chi connectivity index (χ0) is 15.6. The van der Waals surface area contributed by atoms with E-state index in [1.54, 1.807) is 0 Å². The fraction of sp³-hybridized carbons (Fsp3) is 0.182. The van der Waals surface area contributed by atoms with Crippen molar-refractivity contribution < 1.29 is 0 Å². The van der Waals surface area contributed by atoms with E-state index < -0.39 is 0 Å². The highest BCUT2D eigenvalue weighted by molar-refractivity contribution is 5.88. The fourth-order valence-electron chi connectivity index (χ4n) is 3.55. The molecule has 1 aliphatic heterocycles. The first kappa shape index (κ1) is 14.1. The largest absolute Gasteiger partial charge is 0.384 e. The van der Waals surface area contributed by atoms with Crippen LogP contribution in [0, 0.1) is 0 Å². The van der Waals surface area contributed by atoms with E-state index in [1.165, 1.54) is 39.1 Å². The summed E-state index contributed by atoms with van der Waals surface area (Å²) in [5, 5.41) is 3.61. The van der Waals surface area contributed by atoms with E-state index in [0.717, 1.165) is 25.8 Å². The van der Waals surface area contributed by atoms with Gasteiger partial charge in [0.2, 0.25) is 0 Å². The number of hydrogen-bond donors (Lipinski definition) is 1. The highest BCUT2D eigenvalue weighted by Crippen LogP contribution is 2.38. The van der Waals surface area contributed by atoms with E-state index in [-0.39, 0.29) is 0 Å². The highest BCUT2D eigenvalue weighted by Gasteiger charge is 2.18. The van der Waals surface area contributed by atoms with Crippen molar-refractivity contribution in [3.05, 3.63) is 84.0 Å². The summed E-state index contributed by atoms with van der Waals surface area (Å²) in [4.78, 5) is 0. The van der Waals surface area contributed by atoms with Crippen LogP contribution in [0.2, 0.25) is 0 Å². The van der Waals surface area contributed by atoms with Gasteiger partial charge in [0.15, 0.2) is 0 Å². The molecule has 2 aliphatic rings. The summed E-state index contributed by atoms with van der Waals surface area (Å²) in [6, 6.07) is 17.2. The minimum atomic E-state index is 0.974. The van der Waals surface area contributed by atoms with Crippen molar-refractivity contribution in [3.63, 3.8) is 0 Å². The summed E-state index contributed by atoms with van der Waals surface area (Å²) < 4.78 is 0. The third-order valence-electron chi connectivity index (χ3n) is 4.79. The molecule has 0 radical (unpaired) electrons. The molecule has 2 aromatic carbocycles. The zero-order valence-electron chi connectivity index (χ0n) is 13.3. The lowest BCUT2D eigenvalue weighted by Gasteiger charge is -2.25. The maximum atomic E-state index is 4.41. The van der Waals surface area contributed by atoms with Crippen molar-refractivity contribution >= 4 is 11.3 Å². The Balaban J connectivity index is 1.78. The summed E-state index contributed by atoms with van der Waals surface area (Å²) in [5.41, 5.74) is 9.04. The minimum absolute atomic E-state index is 0.974. The van der Waals surface area contributed by atoms with Crippen LogP contribution in [-0.2, 0) is 0 Å². The van der Waals surface area contributed by atoms with E-state index in [9.17, 15) is 0 Å². The smallest absolute Gasteiger partial charge is 0.0426 e. The molecule has 1 heteroatoms. The van der Waals surface area contributed by atoms with Gasteiger partial charge in [0.05, 0.1) is 0 Å². The molecule has 1 N–H and O–H groups in total. The predicted molar refractivity (Wildman–Crippen MR) is 99.4 cm³/mol. The number of anilines is 1. The van der Waals surface area contributed by atoms with Crippen molar-refractivity contribution in [3.8, 4) is 11.1 Å². The van der Waals surface area contributed by atoms with Gasteiger partial charge in [-0.2, -0.15) is 0 Å². The van der Waals surface area contributed by atoms with Crippen LogP contribution >= 0.6 is 0 Å². The Bertz CT molecular complexity index is 809. The van der Waals surface area contributed by atoms with Crippen molar-refractivity contribution in [1.29, 1.82) is 0 Å². The molecular formula is C22H21N. The average Bonchev–Trinajstić information content (AvgIpc) is 2.61. The van der Waals surface area contributed by atoms with E-state index >= 15 is 0 Å². The average molecular weight is 299 g/mol. The molecule has 0 bridgehead atoms. The summed E-state index contributed by atoms with van der Waals surface area (Å²) in [6.07, 6.45) is 7.88. The molecule has 0 saturated carbocycles. The summed E-state index contributed by atoms with van der Waals surface area (Å²) in [7, 11) is 0. The lowest BCUT2D eigenvalue weighted by Crippen LogP contribution is -2.11. The first-order valence-electron chi connectivity index (χ1n) is 8.34. The van der Waals surface area contributed by atoms with Crippen LogP contribution in [-0.4, -0.2) is 6.54 Å². The maximum Gasteiger partial charge on any atom is 0.0426 e. The van der Waals surface area contributed by atoms with Crippen LogP contribution in [0.5, 0.6) is 0 Å². The standard InChI is InChI=1S/C22H21N/c1-16-20-10-6-5-9-18(20)13-14-23-22-15-19(11-12-21(16)22)17-7-3-2-4-8-17/h2-5,7-9,11-12,15,23H,1,6,10,13-14H2. The van der Waals surface area contributed by atoms with Crippen LogP contribution in [0.4, 0.5) is 5.69 Å². The van der Waals surface area contributed by atoms with Crippen molar-refractivity contribution in [2.24, 2.45) is 0 Å². The molecule has 4 rings (SSSR count). The second-order valence-corrected chi connectivity index (χ2v) is 6.23. The van der Waals surface area contributed by atoms with Crippen molar-refractivity contribution in [2.75, 3.05) is 11.9 Å². The van der Waals surface area contributed by atoms with Crippen LogP contribution in [0.3, 0.4) is 0 Å². The fourth-order valence-corrected chi connectivity index (χ4v) is 3.55. The maximum absolute atomic E-state index is 4.41. The molecular weight excluding hydrogens is 278 g/mol. The molecule has 1 aliphatic carbocycles. The zero-order valence-corrected chi connectivity index (χ0v) is 13.3. The minimum Gasteiger partial charge on any atom is -0.384 e. The Kier molecular flexibility index (Phi) is 3.63. The van der Waals surface area contributed by atoms with Gasteiger partial charge >= 0.3 is 0 Å². The van der Waals surface area contributed by atoms with Gasteiger partial charge in [-0.05, 0) is 53.2 Å². The van der Waals surface area contributed by atoms with Crippen LogP contribution in [0.15, 0.2) is 78.4 Å². The molecule has 114 valence electrons. The van der Waals surface area contributed by atoms with Gasteiger partial charge < -0.3 is 5.32 Å². The third kappa shape index (κ3) is 2.63. The molecule has 0 fully saturated rings. The Labute approximate surface area is 138 Å².